The van der Waals surface area contributed by atoms with Crippen LogP contribution in [0.5, 0.6) is 0 Å². The number of rotatable bonds is 3. The van der Waals surface area contributed by atoms with Gasteiger partial charge in [0.1, 0.15) is 11.6 Å². The Labute approximate surface area is 131 Å². The average molecular weight is 413 g/mol. The van der Waals surface area contributed by atoms with Crippen molar-refractivity contribution in [1.29, 1.82) is 0 Å². The molecule has 2 rings (SSSR count). The van der Waals surface area contributed by atoms with Crippen molar-refractivity contribution >= 4 is 28.3 Å². The first-order chi connectivity index (χ1) is 9.77. The average Bonchev–Trinajstić information content (AvgIpc) is 2.38. The van der Waals surface area contributed by atoms with E-state index in [4.69, 9.17) is 0 Å². The molecule has 112 valence electrons. The van der Waals surface area contributed by atoms with Crippen LogP contribution in [0.15, 0.2) is 36.4 Å². The Kier molecular flexibility index (Phi) is 4.70. The number of anilines is 1. The molecule has 0 heterocycles. The summed E-state index contributed by atoms with van der Waals surface area (Å²) >= 11 is 1.91. The fourth-order valence-electron chi connectivity index (χ4n) is 1.73. The van der Waals surface area contributed by atoms with Gasteiger partial charge in [-0.25, -0.2) is 8.78 Å². The van der Waals surface area contributed by atoms with Gasteiger partial charge in [-0.15, -0.1) is 0 Å². The van der Waals surface area contributed by atoms with Crippen LogP contribution in [0.1, 0.15) is 11.1 Å². The van der Waals surface area contributed by atoms with Crippen LogP contribution in [0.2, 0.25) is 0 Å². The highest BCUT2D eigenvalue weighted by molar-refractivity contribution is 14.1. The Morgan fingerprint density at radius 1 is 1.00 bits per heavy atom. The highest BCUT2D eigenvalue weighted by atomic mass is 127. The predicted octanol–water partition coefficient (Wildman–Crippen LogP) is 5.20. The van der Waals surface area contributed by atoms with Gasteiger partial charge in [0.25, 0.3) is 0 Å². The van der Waals surface area contributed by atoms with Gasteiger partial charge in [0.15, 0.2) is 0 Å². The summed E-state index contributed by atoms with van der Waals surface area (Å²) in [6.45, 7) is 0.0744. The van der Waals surface area contributed by atoms with Crippen molar-refractivity contribution < 1.29 is 22.0 Å². The van der Waals surface area contributed by atoms with Gasteiger partial charge in [0.2, 0.25) is 0 Å². The van der Waals surface area contributed by atoms with Crippen molar-refractivity contribution in [1.82, 2.24) is 0 Å². The summed E-state index contributed by atoms with van der Waals surface area (Å²) in [5.41, 5.74) is -0.422. The van der Waals surface area contributed by atoms with Gasteiger partial charge in [-0.2, -0.15) is 13.2 Å². The van der Waals surface area contributed by atoms with Crippen molar-refractivity contribution in [2.45, 2.75) is 12.7 Å². The maximum absolute atomic E-state index is 13.2. The highest BCUT2D eigenvalue weighted by Gasteiger charge is 2.34. The molecule has 0 aliphatic carbocycles. The molecular formula is C14H9F5IN. The molecule has 0 amide bonds. The summed E-state index contributed by atoms with van der Waals surface area (Å²) in [7, 11) is 0. The molecule has 0 radical (unpaired) electrons. The third kappa shape index (κ3) is 4.05. The topological polar surface area (TPSA) is 12.0 Å². The van der Waals surface area contributed by atoms with E-state index in [1.165, 1.54) is 24.3 Å². The molecular weight excluding hydrogens is 404 g/mol. The zero-order chi connectivity index (χ0) is 15.6. The zero-order valence-corrected chi connectivity index (χ0v) is 12.6. The van der Waals surface area contributed by atoms with E-state index >= 15 is 0 Å². The molecule has 0 unspecified atom stereocenters. The van der Waals surface area contributed by atoms with Gasteiger partial charge in [-0.05, 0) is 58.5 Å². The molecule has 0 saturated heterocycles. The molecule has 21 heavy (non-hydrogen) atoms. The SMILES string of the molecule is Fc1ccc(NCc2ccc(F)c(C(F)(F)F)c2)c(I)c1. The molecule has 0 bridgehead atoms. The molecule has 7 heteroatoms. The first-order valence-electron chi connectivity index (χ1n) is 5.82. The summed E-state index contributed by atoms with van der Waals surface area (Å²) in [6.07, 6.45) is -4.73. The summed E-state index contributed by atoms with van der Waals surface area (Å²) < 4.78 is 64.5. The fraction of sp³-hybridized carbons (Fsp3) is 0.143. The van der Waals surface area contributed by atoms with E-state index in [-0.39, 0.29) is 12.1 Å². The molecule has 2 aromatic rings. The van der Waals surface area contributed by atoms with Crippen LogP contribution in [0.4, 0.5) is 27.6 Å². The van der Waals surface area contributed by atoms with Crippen LogP contribution >= 0.6 is 22.6 Å². The number of hydrogen-bond acceptors (Lipinski definition) is 1. The summed E-state index contributed by atoms with van der Waals surface area (Å²) in [4.78, 5) is 0. The Bertz CT molecular complexity index is 654. The molecule has 0 fully saturated rings. The molecule has 0 saturated carbocycles. The second kappa shape index (κ2) is 6.17. The summed E-state index contributed by atoms with van der Waals surface area (Å²) in [6, 6.07) is 6.86. The van der Waals surface area contributed by atoms with Crippen molar-refractivity contribution in [3.8, 4) is 0 Å². The van der Waals surface area contributed by atoms with Gasteiger partial charge < -0.3 is 5.32 Å². The molecule has 0 aromatic heterocycles. The van der Waals surface area contributed by atoms with Crippen molar-refractivity contribution in [2.24, 2.45) is 0 Å². The molecule has 0 aliphatic rings. The molecule has 1 nitrogen and oxygen atoms in total. The molecule has 0 spiro atoms. The normalized spacial score (nSPS) is 11.5. The fourth-order valence-corrected chi connectivity index (χ4v) is 2.40. The number of benzene rings is 2. The Hall–Kier alpha value is -1.38. The number of halogens is 6. The van der Waals surface area contributed by atoms with Gasteiger partial charge >= 0.3 is 6.18 Å². The van der Waals surface area contributed by atoms with E-state index in [2.05, 4.69) is 5.32 Å². The van der Waals surface area contributed by atoms with Crippen LogP contribution < -0.4 is 5.32 Å². The van der Waals surface area contributed by atoms with Gasteiger partial charge in [0.05, 0.1) is 5.56 Å². The standard InChI is InChI=1S/C14H9F5IN/c15-9-2-4-13(12(20)6-9)21-7-8-1-3-11(16)10(5-8)14(17,18)19/h1-6,21H,7H2. The number of alkyl halides is 3. The molecule has 1 N–H and O–H groups in total. The van der Waals surface area contributed by atoms with Gasteiger partial charge in [0, 0.05) is 15.8 Å². The van der Waals surface area contributed by atoms with Crippen molar-refractivity contribution in [3.63, 3.8) is 0 Å². The Morgan fingerprint density at radius 3 is 2.33 bits per heavy atom. The lowest BCUT2D eigenvalue weighted by Gasteiger charge is -2.12. The predicted molar refractivity (Wildman–Crippen MR) is 77.8 cm³/mol. The summed E-state index contributed by atoms with van der Waals surface area (Å²) in [5.74, 6) is -1.70. The second-order valence-corrected chi connectivity index (χ2v) is 5.45. The van der Waals surface area contributed by atoms with E-state index in [9.17, 15) is 22.0 Å². The van der Waals surface area contributed by atoms with Gasteiger partial charge in [-0.3, -0.25) is 0 Å². The molecule has 2 aromatic carbocycles. The molecule has 0 atom stereocenters. The number of nitrogens with one attached hydrogen (secondary N) is 1. The lowest BCUT2D eigenvalue weighted by atomic mass is 10.1. The van der Waals surface area contributed by atoms with Crippen LogP contribution in [-0.4, -0.2) is 0 Å². The second-order valence-electron chi connectivity index (χ2n) is 4.29. The third-order valence-corrected chi connectivity index (χ3v) is 3.64. The lowest BCUT2D eigenvalue weighted by molar-refractivity contribution is -0.140. The first kappa shape index (κ1) is 16.0. The first-order valence-corrected chi connectivity index (χ1v) is 6.90. The van der Waals surface area contributed by atoms with E-state index in [1.54, 1.807) is 0 Å². The minimum atomic E-state index is -4.73. The van der Waals surface area contributed by atoms with Crippen molar-refractivity contribution in [2.75, 3.05) is 5.32 Å². The zero-order valence-electron chi connectivity index (χ0n) is 10.4. The monoisotopic (exact) mass is 413 g/mol. The maximum Gasteiger partial charge on any atom is 0.419 e. The summed E-state index contributed by atoms with van der Waals surface area (Å²) in [5, 5.41) is 2.89. The Balaban J connectivity index is 2.17. The van der Waals surface area contributed by atoms with Crippen LogP contribution in [0.3, 0.4) is 0 Å². The van der Waals surface area contributed by atoms with E-state index < -0.39 is 23.4 Å². The Morgan fingerprint density at radius 2 is 1.71 bits per heavy atom. The minimum absolute atomic E-state index is 0.0744. The van der Waals surface area contributed by atoms with Crippen molar-refractivity contribution in [3.05, 3.63) is 62.7 Å². The van der Waals surface area contributed by atoms with E-state index in [0.29, 0.717) is 9.26 Å². The maximum atomic E-state index is 13.2. The third-order valence-electron chi connectivity index (χ3n) is 2.75. The van der Waals surface area contributed by atoms with Crippen LogP contribution in [-0.2, 0) is 12.7 Å². The largest absolute Gasteiger partial charge is 0.419 e. The van der Waals surface area contributed by atoms with E-state index in [1.807, 2.05) is 22.6 Å². The van der Waals surface area contributed by atoms with E-state index in [0.717, 1.165) is 12.1 Å². The minimum Gasteiger partial charge on any atom is -0.380 e. The van der Waals surface area contributed by atoms with Crippen LogP contribution in [0.25, 0.3) is 0 Å². The molecule has 0 aliphatic heterocycles. The van der Waals surface area contributed by atoms with Gasteiger partial charge in [-0.1, -0.05) is 6.07 Å². The lowest BCUT2D eigenvalue weighted by Crippen LogP contribution is -2.10. The smallest absolute Gasteiger partial charge is 0.380 e. The quantitative estimate of drug-likeness (QED) is 0.539. The van der Waals surface area contributed by atoms with Crippen LogP contribution in [0, 0.1) is 15.2 Å². The number of hydrogen-bond donors (Lipinski definition) is 1. The highest BCUT2D eigenvalue weighted by Crippen LogP contribution is 2.32.